The SMILES string of the molecule is CCc1cn([C@H]2CS[C@@H](CO)O2)c(=O)[nH]c1=O. The highest BCUT2D eigenvalue weighted by molar-refractivity contribution is 8.00. The van der Waals surface area contributed by atoms with Gasteiger partial charge >= 0.3 is 5.69 Å². The Morgan fingerprint density at radius 1 is 1.65 bits per heavy atom. The van der Waals surface area contributed by atoms with Gasteiger partial charge in [0.2, 0.25) is 0 Å². The molecule has 1 aliphatic rings. The number of aromatic amines is 1. The fourth-order valence-electron chi connectivity index (χ4n) is 1.68. The predicted molar refractivity (Wildman–Crippen MR) is 64.2 cm³/mol. The lowest BCUT2D eigenvalue weighted by Gasteiger charge is -2.14. The molecule has 1 saturated heterocycles. The van der Waals surface area contributed by atoms with E-state index < -0.39 is 11.9 Å². The van der Waals surface area contributed by atoms with Crippen LogP contribution in [-0.2, 0) is 11.2 Å². The average molecular weight is 258 g/mol. The molecule has 0 aromatic carbocycles. The van der Waals surface area contributed by atoms with Gasteiger partial charge in [-0.05, 0) is 6.42 Å². The number of aryl methyl sites for hydroxylation is 1. The van der Waals surface area contributed by atoms with E-state index in [1.807, 2.05) is 6.92 Å². The van der Waals surface area contributed by atoms with Crippen molar-refractivity contribution in [3.63, 3.8) is 0 Å². The van der Waals surface area contributed by atoms with Crippen LogP contribution in [0.15, 0.2) is 15.8 Å². The second-order valence-electron chi connectivity index (χ2n) is 3.71. The minimum absolute atomic E-state index is 0.0834. The molecule has 0 unspecified atom stereocenters. The Morgan fingerprint density at radius 2 is 2.41 bits per heavy atom. The van der Waals surface area contributed by atoms with Crippen molar-refractivity contribution < 1.29 is 9.84 Å². The molecule has 2 heterocycles. The summed E-state index contributed by atoms with van der Waals surface area (Å²) in [5.74, 6) is 0.584. The van der Waals surface area contributed by atoms with E-state index >= 15 is 0 Å². The van der Waals surface area contributed by atoms with Gasteiger partial charge in [-0.2, -0.15) is 0 Å². The molecule has 94 valence electrons. The van der Waals surface area contributed by atoms with E-state index in [0.717, 1.165) is 0 Å². The summed E-state index contributed by atoms with van der Waals surface area (Å²) in [4.78, 5) is 25.3. The smallest absolute Gasteiger partial charge is 0.330 e. The summed E-state index contributed by atoms with van der Waals surface area (Å²) >= 11 is 1.45. The van der Waals surface area contributed by atoms with Crippen molar-refractivity contribution in [3.05, 3.63) is 32.6 Å². The van der Waals surface area contributed by atoms with Gasteiger partial charge in [0.25, 0.3) is 5.56 Å². The summed E-state index contributed by atoms with van der Waals surface area (Å²) in [6.45, 7) is 1.76. The van der Waals surface area contributed by atoms with Crippen LogP contribution in [0.5, 0.6) is 0 Å². The first-order chi connectivity index (χ1) is 8.15. The molecule has 1 aliphatic heterocycles. The zero-order valence-corrected chi connectivity index (χ0v) is 10.2. The van der Waals surface area contributed by atoms with Crippen LogP contribution in [0.3, 0.4) is 0 Å². The maximum atomic E-state index is 11.6. The van der Waals surface area contributed by atoms with Gasteiger partial charge in [-0.25, -0.2) is 4.79 Å². The lowest BCUT2D eigenvalue weighted by molar-refractivity contribution is -0.00653. The molecule has 17 heavy (non-hydrogen) atoms. The third-order valence-electron chi connectivity index (χ3n) is 2.62. The van der Waals surface area contributed by atoms with Gasteiger partial charge in [0.05, 0.1) is 6.61 Å². The van der Waals surface area contributed by atoms with Crippen molar-refractivity contribution in [1.82, 2.24) is 9.55 Å². The number of aliphatic hydroxyl groups excluding tert-OH is 1. The molecule has 2 rings (SSSR count). The molecule has 6 nitrogen and oxygen atoms in total. The fraction of sp³-hybridized carbons (Fsp3) is 0.600. The van der Waals surface area contributed by atoms with Crippen LogP contribution in [0.4, 0.5) is 0 Å². The van der Waals surface area contributed by atoms with Gasteiger partial charge in [-0.3, -0.25) is 14.3 Å². The van der Waals surface area contributed by atoms with Crippen LogP contribution in [0, 0.1) is 0 Å². The second kappa shape index (κ2) is 5.07. The van der Waals surface area contributed by atoms with Gasteiger partial charge < -0.3 is 9.84 Å². The lowest BCUT2D eigenvalue weighted by Crippen LogP contribution is -2.34. The van der Waals surface area contributed by atoms with Crippen LogP contribution in [0.25, 0.3) is 0 Å². The number of aliphatic hydroxyl groups is 1. The number of rotatable bonds is 3. The standard InChI is InChI=1S/C10H14N2O4S/c1-2-6-3-12(10(15)11-9(6)14)7-5-17-8(4-13)16-7/h3,7-8,13H,2,4-5H2,1H3,(H,11,14,15)/t7-,8+/m1/s1. The Morgan fingerprint density at radius 3 is 3.00 bits per heavy atom. The Balaban J connectivity index is 2.33. The van der Waals surface area contributed by atoms with E-state index in [1.54, 1.807) is 0 Å². The van der Waals surface area contributed by atoms with E-state index in [9.17, 15) is 9.59 Å². The van der Waals surface area contributed by atoms with Gasteiger partial charge in [0, 0.05) is 17.5 Å². The normalized spacial score (nSPS) is 24.1. The van der Waals surface area contributed by atoms with Crippen molar-refractivity contribution in [2.24, 2.45) is 0 Å². The predicted octanol–water partition coefficient (Wildman–Crippen LogP) is -0.321. The molecule has 2 N–H and O–H groups in total. The lowest BCUT2D eigenvalue weighted by atomic mass is 10.2. The Labute approximate surface area is 102 Å². The minimum atomic E-state index is -0.476. The number of H-pyrrole nitrogens is 1. The monoisotopic (exact) mass is 258 g/mol. The first kappa shape index (κ1) is 12.4. The number of nitrogens with one attached hydrogen (secondary N) is 1. The highest BCUT2D eigenvalue weighted by Crippen LogP contribution is 2.30. The summed E-state index contributed by atoms with van der Waals surface area (Å²) < 4.78 is 6.85. The molecule has 0 spiro atoms. The Bertz CT molecular complexity index is 510. The molecule has 0 amide bonds. The Hall–Kier alpha value is -1.05. The second-order valence-corrected chi connectivity index (χ2v) is 4.90. The number of ether oxygens (including phenoxy) is 1. The molecule has 0 radical (unpaired) electrons. The summed E-state index contributed by atoms with van der Waals surface area (Å²) in [6, 6.07) is 0. The van der Waals surface area contributed by atoms with E-state index in [1.165, 1.54) is 22.5 Å². The van der Waals surface area contributed by atoms with Crippen LogP contribution in [-0.4, -0.2) is 32.5 Å². The molecule has 1 fully saturated rings. The average Bonchev–Trinajstić information content (AvgIpc) is 2.78. The van der Waals surface area contributed by atoms with Crippen molar-refractivity contribution in [2.75, 3.05) is 12.4 Å². The van der Waals surface area contributed by atoms with Gasteiger partial charge in [0.15, 0.2) is 0 Å². The fourth-order valence-corrected chi connectivity index (χ4v) is 2.61. The zero-order chi connectivity index (χ0) is 12.4. The van der Waals surface area contributed by atoms with E-state index in [-0.39, 0.29) is 17.6 Å². The topological polar surface area (TPSA) is 84.3 Å². The number of nitrogens with zero attached hydrogens (tertiary/aromatic N) is 1. The maximum absolute atomic E-state index is 11.6. The quantitative estimate of drug-likeness (QED) is 0.776. The summed E-state index contributed by atoms with van der Waals surface area (Å²) in [5.41, 5.74) is -0.580. The van der Waals surface area contributed by atoms with Gasteiger partial charge in [0.1, 0.15) is 11.7 Å². The van der Waals surface area contributed by atoms with Gasteiger partial charge in [-0.15, -0.1) is 11.8 Å². The molecule has 0 bridgehead atoms. The largest absolute Gasteiger partial charge is 0.393 e. The molecule has 7 heteroatoms. The third-order valence-corrected chi connectivity index (χ3v) is 3.72. The van der Waals surface area contributed by atoms with Gasteiger partial charge in [-0.1, -0.05) is 6.92 Å². The maximum Gasteiger partial charge on any atom is 0.330 e. The van der Waals surface area contributed by atoms with Crippen molar-refractivity contribution >= 4 is 11.8 Å². The summed E-state index contributed by atoms with van der Waals surface area (Å²) in [7, 11) is 0. The van der Waals surface area contributed by atoms with Crippen molar-refractivity contribution in [1.29, 1.82) is 0 Å². The molecule has 1 aromatic heterocycles. The highest BCUT2D eigenvalue weighted by Gasteiger charge is 2.27. The minimum Gasteiger partial charge on any atom is -0.393 e. The molecule has 2 atom stereocenters. The summed E-state index contributed by atoms with van der Waals surface area (Å²) in [5, 5.41) is 8.95. The zero-order valence-electron chi connectivity index (χ0n) is 9.38. The van der Waals surface area contributed by atoms with Crippen molar-refractivity contribution in [2.45, 2.75) is 25.0 Å². The molecular formula is C10H14N2O4S. The summed E-state index contributed by atoms with van der Waals surface area (Å²) in [6.07, 6.45) is 1.66. The number of hydrogen-bond acceptors (Lipinski definition) is 5. The highest BCUT2D eigenvalue weighted by atomic mass is 32.2. The third kappa shape index (κ3) is 2.46. The van der Waals surface area contributed by atoms with Crippen LogP contribution >= 0.6 is 11.8 Å². The van der Waals surface area contributed by atoms with E-state index in [2.05, 4.69) is 4.98 Å². The molecular weight excluding hydrogens is 244 g/mol. The molecule has 0 aliphatic carbocycles. The first-order valence-electron chi connectivity index (χ1n) is 5.38. The number of thioether (sulfide) groups is 1. The van der Waals surface area contributed by atoms with Crippen LogP contribution in [0.1, 0.15) is 18.7 Å². The number of hydrogen-bond donors (Lipinski definition) is 2. The van der Waals surface area contributed by atoms with Crippen LogP contribution in [0.2, 0.25) is 0 Å². The van der Waals surface area contributed by atoms with Crippen LogP contribution < -0.4 is 11.2 Å². The van der Waals surface area contributed by atoms with E-state index in [0.29, 0.717) is 17.7 Å². The number of aromatic nitrogens is 2. The van der Waals surface area contributed by atoms with Crippen molar-refractivity contribution in [3.8, 4) is 0 Å². The molecule has 1 aromatic rings. The Kier molecular flexibility index (Phi) is 3.70. The first-order valence-corrected chi connectivity index (χ1v) is 6.42. The van der Waals surface area contributed by atoms with E-state index in [4.69, 9.17) is 9.84 Å². The molecule has 0 saturated carbocycles.